The predicted octanol–water partition coefficient (Wildman–Crippen LogP) is 2.24. The second-order valence-corrected chi connectivity index (χ2v) is 5.90. The highest BCUT2D eigenvalue weighted by Gasteiger charge is 2.37. The Kier molecular flexibility index (Phi) is 3.44. The van der Waals surface area contributed by atoms with Gasteiger partial charge in [-0.15, -0.1) is 0 Å². The lowest BCUT2D eigenvalue weighted by Gasteiger charge is -2.39. The van der Waals surface area contributed by atoms with Crippen LogP contribution in [-0.4, -0.2) is 17.1 Å². The summed E-state index contributed by atoms with van der Waals surface area (Å²) >= 11 is 0. The van der Waals surface area contributed by atoms with Crippen molar-refractivity contribution in [3.8, 4) is 0 Å². The van der Waals surface area contributed by atoms with Crippen LogP contribution in [0.15, 0.2) is 0 Å². The molecule has 1 unspecified atom stereocenters. The largest absolute Gasteiger partial charge is 0.460 e. The highest BCUT2D eigenvalue weighted by atomic mass is 16.6. The first-order valence-electron chi connectivity index (χ1n) is 5.71. The molecule has 0 radical (unpaired) electrons. The Morgan fingerprint density at radius 2 is 1.87 bits per heavy atom. The van der Waals surface area contributed by atoms with E-state index in [1.54, 1.807) is 0 Å². The normalized spacial score (nSPS) is 21.7. The Morgan fingerprint density at radius 1 is 1.33 bits per heavy atom. The third kappa shape index (κ3) is 3.82. The number of carbonyl (C=O) groups excluding carboxylic acids is 1. The summed E-state index contributed by atoms with van der Waals surface area (Å²) in [7, 11) is 0. The smallest absolute Gasteiger partial charge is 0.308 e. The number of rotatable bonds is 3. The molecule has 15 heavy (non-hydrogen) atoms. The molecule has 88 valence electrons. The van der Waals surface area contributed by atoms with Crippen molar-refractivity contribution in [3.05, 3.63) is 0 Å². The molecule has 3 nitrogen and oxygen atoms in total. The van der Waals surface area contributed by atoms with E-state index in [1.165, 1.54) is 6.42 Å². The Hall–Kier alpha value is -0.570. The Labute approximate surface area is 92.4 Å². The molecular formula is C12H23NO2. The van der Waals surface area contributed by atoms with Crippen LogP contribution in [0.1, 0.15) is 53.4 Å². The molecule has 1 saturated carbocycles. The summed E-state index contributed by atoms with van der Waals surface area (Å²) in [5.41, 5.74) is 5.34. The molecule has 0 spiro atoms. The van der Waals surface area contributed by atoms with E-state index >= 15 is 0 Å². The van der Waals surface area contributed by atoms with E-state index in [-0.39, 0.29) is 11.5 Å². The molecule has 0 amide bonds. The van der Waals surface area contributed by atoms with Crippen LogP contribution in [0.4, 0.5) is 0 Å². The summed E-state index contributed by atoms with van der Waals surface area (Å²) in [6.45, 7) is 7.59. The van der Waals surface area contributed by atoms with Crippen LogP contribution >= 0.6 is 0 Å². The predicted molar refractivity (Wildman–Crippen MR) is 60.4 cm³/mol. The van der Waals surface area contributed by atoms with E-state index < -0.39 is 5.60 Å². The van der Waals surface area contributed by atoms with Crippen molar-refractivity contribution in [1.29, 1.82) is 0 Å². The third-order valence-corrected chi connectivity index (χ3v) is 2.98. The zero-order valence-corrected chi connectivity index (χ0v) is 10.3. The summed E-state index contributed by atoms with van der Waals surface area (Å²) < 4.78 is 5.27. The fraction of sp³-hybridized carbons (Fsp3) is 0.917. The number of hydrogen-bond donors (Lipinski definition) is 1. The van der Waals surface area contributed by atoms with Crippen LogP contribution in [-0.2, 0) is 9.53 Å². The van der Waals surface area contributed by atoms with Gasteiger partial charge in [-0.25, -0.2) is 0 Å². The minimum absolute atomic E-state index is 0.181. The summed E-state index contributed by atoms with van der Waals surface area (Å²) in [4.78, 5) is 11.6. The van der Waals surface area contributed by atoms with Gasteiger partial charge in [0.15, 0.2) is 0 Å². The van der Waals surface area contributed by atoms with Crippen molar-refractivity contribution < 1.29 is 9.53 Å². The molecule has 0 bridgehead atoms. The average Bonchev–Trinajstić information content (AvgIpc) is 1.71. The average molecular weight is 213 g/mol. The molecule has 1 atom stereocenters. The second kappa shape index (κ2) is 4.12. The summed E-state index contributed by atoms with van der Waals surface area (Å²) in [6, 6.07) is 0. The quantitative estimate of drug-likeness (QED) is 0.731. The van der Waals surface area contributed by atoms with Crippen molar-refractivity contribution in [1.82, 2.24) is 0 Å². The van der Waals surface area contributed by atoms with Crippen molar-refractivity contribution in [2.45, 2.75) is 64.5 Å². The highest BCUT2D eigenvalue weighted by Crippen LogP contribution is 2.36. The molecule has 1 aliphatic rings. The molecule has 0 heterocycles. The van der Waals surface area contributed by atoms with Gasteiger partial charge in [-0.05, 0) is 46.5 Å². The first kappa shape index (κ1) is 12.5. The van der Waals surface area contributed by atoms with Crippen molar-refractivity contribution in [3.63, 3.8) is 0 Å². The zero-order chi connectivity index (χ0) is 11.7. The lowest BCUT2D eigenvalue weighted by atomic mass is 9.71. The van der Waals surface area contributed by atoms with Gasteiger partial charge in [-0.2, -0.15) is 0 Å². The van der Waals surface area contributed by atoms with E-state index in [9.17, 15) is 4.79 Å². The van der Waals surface area contributed by atoms with E-state index in [0.29, 0.717) is 12.3 Å². The maximum atomic E-state index is 11.6. The Bertz CT molecular complexity index is 236. The Morgan fingerprint density at radius 3 is 2.20 bits per heavy atom. The monoisotopic (exact) mass is 213 g/mol. The SMILES string of the molecule is CC(C)(C)OC(=O)CC(C)(N)C1CCC1. The molecule has 2 N–H and O–H groups in total. The number of ether oxygens (including phenoxy) is 1. The van der Waals surface area contributed by atoms with Crippen molar-refractivity contribution in [2.75, 3.05) is 0 Å². The van der Waals surface area contributed by atoms with Crippen LogP contribution in [0.3, 0.4) is 0 Å². The molecule has 0 aromatic rings. The first-order valence-corrected chi connectivity index (χ1v) is 5.71. The minimum Gasteiger partial charge on any atom is -0.460 e. The fourth-order valence-electron chi connectivity index (χ4n) is 1.90. The minimum atomic E-state index is -0.410. The molecule has 0 aromatic carbocycles. The molecule has 1 aliphatic carbocycles. The molecule has 0 aliphatic heterocycles. The molecule has 3 heteroatoms. The zero-order valence-electron chi connectivity index (χ0n) is 10.3. The van der Waals surface area contributed by atoms with Crippen LogP contribution in [0.2, 0.25) is 0 Å². The summed E-state index contributed by atoms with van der Waals surface area (Å²) in [5.74, 6) is 0.310. The number of esters is 1. The van der Waals surface area contributed by atoms with Gasteiger partial charge in [0, 0.05) is 5.54 Å². The van der Waals surface area contributed by atoms with Crippen LogP contribution in [0, 0.1) is 5.92 Å². The van der Waals surface area contributed by atoms with Gasteiger partial charge < -0.3 is 10.5 Å². The summed E-state index contributed by atoms with van der Waals surface area (Å²) in [6.07, 6.45) is 3.87. The van der Waals surface area contributed by atoms with Gasteiger partial charge in [0.1, 0.15) is 5.60 Å². The molecule has 1 rings (SSSR count). The number of hydrogen-bond acceptors (Lipinski definition) is 3. The molecule has 1 fully saturated rings. The lowest BCUT2D eigenvalue weighted by molar-refractivity contribution is -0.157. The lowest BCUT2D eigenvalue weighted by Crippen LogP contribution is -2.49. The topological polar surface area (TPSA) is 52.3 Å². The van der Waals surface area contributed by atoms with Gasteiger partial charge in [0.2, 0.25) is 0 Å². The van der Waals surface area contributed by atoms with Crippen LogP contribution < -0.4 is 5.73 Å². The standard InChI is InChI=1S/C12H23NO2/c1-11(2,3)15-10(14)8-12(4,13)9-6-5-7-9/h9H,5-8,13H2,1-4H3. The van der Waals surface area contributed by atoms with E-state index in [0.717, 1.165) is 12.8 Å². The first-order chi connectivity index (χ1) is 6.71. The van der Waals surface area contributed by atoms with E-state index in [4.69, 9.17) is 10.5 Å². The van der Waals surface area contributed by atoms with Gasteiger partial charge in [0.25, 0.3) is 0 Å². The van der Waals surface area contributed by atoms with Crippen LogP contribution in [0.5, 0.6) is 0 Å². The van der Waals surface area contributed by atoms with E-state index in [2.05, 4.69) is 0 Å². The fourth-order valence-corrected chi connectivity index (χ4v) is 1.90. The molecule has 0 aromatic heterocycles. The van der Waals surface area contributed by atoms with Gasteiger partial charge >= 0.3 is 5.97 Å². The van der Waals surface area contributed by atoms with Crippen molar-refractivity contribution in [2.24, 2.45) is 11.7 Å². The number of nitrogens with two attached hydrogens (primary N) is 1. The van der Waals surface area contributed by atoms with Gasteiger partial charge in [0.05, 0.1) is 6.42 Å². The second-order valence-electron chi connectivity index (χ2n) is 5.90. The summed E-state index contributed by atoms with van der Waals surface area (Å²) in [5, 5.41) is 0. The maximum absolute atomic E-state index is 11.6. The van der Waals surface area contributed by atoms with Gasteiger partial charge in [-0.1, -0.05) is 6.42 Å². The van der Waals surface area contributed by atoms with E-state index in [1.807, 2.05) is 27.7 Å². The Balaban J connectivity index is 2.42. The molecular weight excluding hydrogens is 190 g/mol. The molecule has 0 saturated heterocycles. The van der Waals surface area contributed by atoms with Crippen LogP contribution in [0.25, 0.3) is 0 Å². The number of carbonyl (C=O) groups is 1. The van der Waals surface area contributed by atoms with Crippen molar-refractivity contribution >= 4 is 5.97 Å². The highest BCUT2D eigenvalue weighted by molar-refractivity contribution is 5.71. The third-order valence-electron chi connectivity index (χ3n) is 2.98. The maximum Gasteiger partial charge on any atom is 0.308 e. The van der Waals surface area contributed by atoms with Gasteiger partial charge in [-0.3, -0.25) is 4.79 Å².